The predicted octanol–water partition coefficient (Wildman–Crippen LogP) is 3.61. The number of hydrogen-bond donors (Lipinski definition) is 1. The van der Waals surface area contributed by atoms with Crippen LogP contribution in [-0.2, 0) is 16.1 Å². The number of carbonyl (C=O) groups is 3. The highest BCUT2D eigenvalue weighted by Gasteiger charge is 2.46. The SMILES string of the molecule is CCCCNC(=O)CCCN1C(=O)C2CCCCC2N(Cc2cccc([N+](=O)[O-])c2)C1=O. The maximum Gasteiger partial charge on any atom is 0.327 e. The number of carbonyl (C=O) groups excluding carboxylic acids is 3. The minimum atomic E-state index is -0.452. The van der Waals surface area contributed by atoms with Gasteiger partial charge in [0.2, 0.25) is 11.8 Å². The lowest BCUT2D eigenvalue weighted by Crippen LogP contribution is -2.62. The van der Waals surface area contributed by atoms with Crippen molar-refractivity contribution in [2.75, 3.05) is 13.1 Å². The molecule has 9 heteroatoms. The van der Waals surface area contributed by atoms with Gasteiger partial charge in [0.05, 0.1) is 10.8 Å². The molecule has 3 rings (SSSR count). The molecule has 1 saturated carbocycles. The summed E-state index contributed by atoms with van der Waals surface area (Å²) in [6.45, 7) is 3.12. The average molecular weight is 445 g/mol. The fraction of sp³-hybridized carbons (Fsp3) is 0.609. The molecule has 2 unspecified atom stereocenters. The van der Waals surface area contributed by atoms with Gasteiger partial charge >= 0.3 is 6.03 Å². The number of nitro benzene ring substituents is 1. The summed E-state index contributed by atoms with van der Waals surface area (Å²) in [6.07, 6.45) is 5.98. The fourth-order valence-electron chi connectivity index (χ4n) is 4.61. The van der Waals surface area contributed by atoms with Crippen LogP contribution in [0.4, 0.5) is 10.5 Å². The molecule has 0 spiro atoms. The van der Waals surface area contributed by atoms with Gasteiger partial charge in [0.15, 0.2) is 0 Å². The fourth-order valence-corrected chi connectivity index (χ4v) is 4.61. The van der Waals surface area contributed by atoms with E-state index in [4.69, 9.17) is 0 Å². The summed E-state index contributed by atoms with van der Waals surface area (Å²) < 4.78 is 0. The molecule has 0 aromatic heterocycles. The van der Waals surface area contributed by atoms with Gasteiger partial charge in [0.25, 0.3) is 5.69 Å². The molecule has 1 heterocycles. The van der Waals surface area contributed by atoms with Gasteiger partial charge in [-0.25, -0.2) is 4.79 Å². The first-order valence-electron chi connectivity index (χ1n) is 11.5. The number of nitrogens with zero attached hydrogens (tertiary/aromatic N) is 3. The van der Waals surface area contributed by atoms with Crippen LogP contribution in [0.2, 0.25) is 0 Å². The van der Waals surface area contributed by atoms with E-state index in [9.17, 15) is 24.5 Å². The molecule has 32 heavy (non-hydrogen) atoms. The number of hydrogen-bond acceptors (Lipinski definition) is 5. The Kier molecular flexibility index (Phi) is 8.19. The van der Waals surface area contributed by atoms with E-state index in [1.54, 1.807) is 17.0 Å². The molecule has 1 N–H and O–H groups in total. The van der Waals surface area contributed by atoms with Gasteiger partial charge in [0.1, 0.15) is 0 Å². The Bertz CT molecular complexity index is 859. The minimum absolute atomic E-state index is 0.0193. The Hall–Kier alpha value is -2.97. The smallest absolute Gasteiger partial charge is 0.327 e. The highest BCUT2D eigenvalue weighted by atomic mass is 16.6. The van der Waals surface area contributed by atoms with Gasteiger partial charge in [0, 0.05) is 44.2 Å². The maximum absolute atomic E-state index is 13.3. The van der Waals surface area contributed by atoms with Crippen molar-refractivity contribution < 1.29 is 19.3 Å². The normalized spacial score (nSPS) is 20.8. The zero-order chi connectivity index (χ0) is 23.1. The third kappa shape index (κ3) is 5.63. The monoisotopic (exact) mass is 444 g/mol. The first-order chi connectivity index (χ1) is 15.4. The number of unbranched alkanes of at least 4 members (excludes halogenated alkanes) is 1. The first-order valence-corrected chi connectivity index (χ1v) is 11.5. The summed E-state index contributed by atoms with van der Waals surface area (Å²) in [5.41, 5.74) is 0.649. The highest BCUT2D eigenvalue weighted by molar-refractivity contribution is 5.98. The molecular weight excluding hydrogens is 412 g/mol. The summed E-state index contributed by atoms with van der Waals surface area (Å²) >= 11 is 0. The maximum atomic E-state index is 13.3. The second-order valence-electron chi connectivity index (χ2n) is 8.59. The van der Waals surface area contributed by atoms with Gasteiger partial charge in [-0.3, -0.25) is 24.6 Å². The second kappa shape index (κ2) is 11.1. The molecule has 1 aromatic rings. The van der Waals surface area contributed by atoms with Crippen LogP contribution in [0, 0.1) is 16.0 Å². The predicted molar refractivity (Wildman–Crippen MR) is 119 cm³/mol. The van der Waals surface area contributed by atoms with Crippen molar-refractivity contribution in [3.63, 3.8) is 0 Å². The molecule has 1 saturated heterocycles. The quantitative estimate of drug-likeness (QED) is 0.336. The van der Waals surface area contributed by atoms with E-state index in [2.05, 4.69) is 12.2 Å². The van der Waals surface area contributed by atoms with E-state index in [-0.39, 0.29) is 55.0 Å². The van der Waals surface area contributed by atoms with Gasteiger partial charge in [-0.15, -0.1) is 0 Å². The number of nitro groups is 1. The summed E-state index contributed by atoms with van der Waals surface area (Å²) in [5.74, 6) is -0.473. The van der Waals surface area contributed by atoms with E-state index in [1.807, 2.05) is 0 Å². The number of urea groups is 1. The van der Waals surface area contributed by atoms with Crippen molar-refractivity contribution in [1.82, 2.24) is 15.1 Å². The Balaban J connectivity index is 1.70. The van der Waals surface area contributed by atoms with Crippen molar-refractivity contribution in [3.05, 3.63) is 39.9 Å². The third-order valence-corrected chi connectivity index (χ3v) is 6.30. The molecule has 9 nitrogen and oxygen atoms in total. The van der Waals surface area contributed by atoms with Gasteiger partial charge in [-0.1, -0.05) is 38.3 Å². The van der Waals surface area contributed by atoms with E-state index >= 15 is 0 Å². The molecule has 2 aliphatic rings. The average Bonchev–Trinajstić information content (AvgIpc) is 2.79. The van der Waals surface area contributed by atoms with E-state index in [1.165, 1.54) is 17.0 Å². The molecule has 1 aliphatic heterocycles. The van der Waals surface area contributed by atoms with Gasteiger partial charge in [-0.2, -0.15) is 0 Å². The molecule has 174 valence electrons. The van der Waals surface area contributed by atoms with Crippen molar-refractivity contribution in [3.8, 4) is 0 Å². The summed E-state index contributed by atoms with van der Waals surface area (Å²) in [4.78, 5) is 52.0. The lowest BCUT2D eigenvalue weighted by molar-refractivity contribution is -0.384. The number of amides is 4. The van der Waals surface area contributed by atoms with Crippen LogP contribution in [-0.4, -0.2) is 51.7 Å². The number of rotatable bonds is 10. The van der Waals surface area contributed by atoms with Crippen molar-refractivity contribution in [2.45, 2.75) is 70.9 Å². The lowest BCUT2D eigenvalue weighted by Gasteiger charge is -2.47. The number of non-ortho nitro benzene ring substituents is 1. The van der Waals surface area contributed by atoms with Crippen molar-refractivity contribution in [2.24, 2.45) is 5.92 Å². The van der Waals surface area contributed by atoms with Crippen LogP contribution in [0.1, 0.15) is 63.9 Å². The molecule has 1 aliphatic carbocycles. The van der Waals surface area contributed by atoms with Crippen molar-refractivity contribution in [1.29, 1.82) is 0 Å². The van der Waals surface area contributed by atoms with E-state index in [0.717, 1.165) is 38.5 Å². The Labute approximate surface area is 188 Å². The largest absolute Gasteiger partial charge is 0.356 e. The molecule has 0 radical (unpaired) electrons. The van der Waals surface area contributed by atoms with E-state index < -0.39 is 4.92 Å². The molecular formula is C23H32N4O5. The van der Waals surface area contributed by atoms with Crippen molar-refractivity contribution >= 4 is 23.5 Å². The first kappa shape index (κ1) is 23.7. The molecule has 2 fully saturated rings. The second-order valence-corrected chi connectivity index (χ2v) is 8.59. The van der Waals surface area contributed by atoms with E-state index in [0.29, 0.717) is 18.5 Å². The lowest BCUT2D eigenvalue weighted by atomic mass is 9.81. The van der Waals surface area contributed by atoms with Crippen LogP contribution in [0.5, 0.6) is 0 Å². The summed E-state index contributed by atoms with van der Waals surface area (Å²) in [7, 11) is 0. The molecule has 2 atom stereocenters. The zero-order valence-corrected chi connectivity index (χ0v) is 18.6. The molecule has 4 amide bonds. The number of benzene rings is 1. The Morgan fingerprint density at radius 2 is 2.00 bits per heavy atom. The Morgan fingerprint density at radius 1 is 1.22 bits per heavy atom. The molecule has 0 bridgehead atoms. The number of nitrogens with one attached hydrogen (secondary N) is 1. The highest BCUT2D eigenvalue weighted by Crippen LogP contribution is 2.35. The summed E-state index contributed by atoms with van der Waals surface area (Å²) in [6, 6.07) is 5.73. The summed E-state index contributed by atoms with van der Waals surface area (Å²) in [5, 5.41) is 14.0. The van der Waals surface area contributed by atoms with Gasteiger partial charge < -0.3 is 10.2 Å². The topological polar surface area (TPSA) is 113 Å². The van der Waals surface area contributed by atoms with Gasteiger partial charge in [-0.05, 0) is 31.2 Å². The number of fused-ring (bicyclic) bond motifs is 1. The van der Waals surface area contributed by atoms with Crippen LogP contribution in [0.3, 0.4) is 0 Å². The standard InChI is InChI=1S/C23H32N4O5/c1-2-3-13-24-21(28)12-7-14-25-22(29)19-10-4-5-11-20(19)26(23(25)30)16-17-8-6-9-18(15-17)27(31)32/h6,8-9,15,19-20H,2-5,7,10-14,16H2,1H3,(H,24,28). The van der Waals surface area contributed by atoms with Crippen LogP contribution >= 0.6 is 0 Å². The van der Waals surface area contributed by atoms with Crippen LogP contribution < -0.4 is 5.32 Å². The van der Waals surface area contributed by atoms with Crippen LogP contribution in [0.25, 0.3) is 0 Å². The minimum Gasteiger partial charge on any atom is -0.356 e. The molecule has 1 aromatic carbocycles. The Morgan fingerprint density at radius 3 is 2.75 bits per heavy atom. The van der Waals surface area contributed by atoms with Crippen LogP contribution in [0.15, 0.2) is 24.3 Å². The number of imide groups is 1. The zero-order valence-electron chi connectivity index (χ0n) is 18.6. The third-order valence-electron chi connectivity index (χ3n) is 6.30.